The zero-order chi connectivity index (χ0) is 15.2. The number of hydrogen-bond donors (Lipinski definition) is 1. The van der Waals surface area contributed by atoms with Crippen LogP contribution in [0.5, 0.6) is 5.75 Å². The van der Waals surface area contributed by atoms with Gasteiger partial charge in [-0.05, 0) is 54.2 Å². The highest BCUT2D eigenvalue weighted by molar-refractivity contribution is 9.10. The molecular weight excluding hydrogens is 335 g/mol. The first-order valence-corrected chi connectivity index (χ1v) is 7.59. The molecule has 1 atom stereocenters. The van der Waals surface area contributed by atoms with Crippen LogP contribution in [0.3, 0.4) is 0 Å². The Bertz CT molecular complexity index is 601. The maximum atomic E-state index is 13.1. The number of benzene rings is 2. The molecule has 2 rings (SSSR count). The van der Waals surface area contributed by atoms with Crippen molar-refractivity contribution in [2.45, 2.75) is 12.8 Å². The van der Waals surface area contributed by atoms with E-state index in [1.165, 1.54) is 12.1 Å². The van der Waals surface area contributed by atoms with Gasteiger partial charge in [-0.15, -0.1) is 0 Å². The van der Waals surface area contributed by atoms with E-state index in [2.05, 4.69) is 15.9 Å². The molecule has 2 aromatic rings. The monoisotopic (exact) mass is 352 g/mol. The SMILES string of the molecule is COc1cccc(CC(CO)Cc2ccc(F)cc2Br)c1. The molecule has 21 heavy (non-hydrogen) atoms. The van der Waals surface area contributed by atoms with Crippen molar-refractivity contribution in [3.63, 3.8) is 0 Å². The minimum Gasteiger partial charge on any atom is -0.497 e. The summed E-state index contributed by atoms with van der Waals surface area (Å²) in [5.41, 5.74) is 2.12. The Hall–Kier alpha value is -1.39. The maximum absolute atomic E-state index is 13.1. The smallest absolute Gasteiger partial charge is 0.124 e. The van der Waals surface area contributed by atoms with Gasteiger partial charge in [0.05, 0.1) is 7.11 Å². The summed E-state index contributed by atoms with van der Waals surface area (Å²) in [6.07, 6.45) is 1.44. The zero-order valence-corrected chi connectivity index (χ0v) is 13.4. The number of aliphatic hydroxyl groups is 1. The number of ether oxygens (including phenoxy) is 1. The summed E-state index contributed by atoms with van der Waals surface area (Å²) in [5.74, 6) is 0.630. The second kappa shape index (κ2) is 7.57. The second-order valence-corrected chi connectivity index (χ2v) is 5.90. The summed E-state index contributed by atoms with van der Waals surface area (Å²) < 4.78 is 19.1. The van der Waals surface area contributed by atoms with Gasteiger partial charge in [-0.2, -0.15) is 0 Å². The Balaban J connectivity index is 2.09. The van der Waals surface area contributed by atoms with Crippen molar-refractivity contribution in [3.8, 4) is 5.75 Å². The molecule has 0 heterocycles. The zero-order valence-electron chi connectivity index (χ0n) is 11.9. The molecule has 1 N–H and O–H groups in total. The van der Waals surface area contributed by atoms with Gasteiger partial charge in [0.1, 0.15) is 11.6 Å². The van der Waals surface area contributed by atoms with Gasteiger partial charge in [0.2, 0.25) is 0 Å². The van der Waals surface area contributed by atoms with Crippen LogP contribution in [0.1, 0.15) is 11.1 Å². The molecule has 4 heteroatoms. The molecule has 112 valence electrons. The lowest BCUT2D eigenvalue weighted by Gasteiger charge is -2.16. The third kappa shape index (κ3) is 4.55. The first kappa shape index (κ1) is 16.0. The van der Waals surface area contributed by atoms with Gasteiger partial charge in [-0.25, -0.2) is 4.39 Å². The molecule has 0 bridgehead atoms. The highest BCUT2D eigenvalue weighted by Crippen LogP contribution is 2.23. The van der Waals surface area contributed by atoms with Crippen LogP contribution in [0.4, 0.5) is 4.39 Å². The fourth-order valence-electron chi connectivity index (χ4n) is 2.33. The molecule has 2 aromatic carbocycles. The summed E-state index contributed by atoms with van der Waals surface area (Å²) in [4.78, 5) is 0. The van der Waals surface area contributed by atoms with Crippen LogP contribution in [0.25, 0.3) is 0 Å². The number of hydrogen-bond acceptors (Lipinski definition) is 2. The van der Waals surface area contributed by atoms with Crippen molar-refractivity contribution < 1.29 is 14.2 Å². The van der Waals surface area contributed by atoms with E-state index in [9.17, 15) is 9.50 Å². The molecule has 0 aliphatic heterocycles. The van der Waals surface area contributed by atoms with Crippen molar-refractivity contribution in [1.82, 2.24) is 0 Å². The van der Waals surface area contributed by atoms with E-state index < -0.39 is 0 Å². The number of aliphatic hydroxyl groups excluding tert-OH is 1. The average Bonchev–Trinajstić information content (AvgIpc) is 2.49. The standard InChI is InChI=1S/C17H18BrFO2/c1-21-16-4-2-3-12(9-16)7-13(11-20)8-14-5-6-15(19)10-17(14)18/h2-6,9-10,13,20H,7-8,11H2,1H3. The fraction of sp³-hybridized carbons (Fsp3) is 0.294. The van der Waals surface area contributed by atoms with Crippen molar-refractivity contribution in [1.29, 1.82) is 0 Å². The molecule has 0 aliphatic rings. The third-order valence-corrected chi connectivity index (χ3v) is 4.18. The molecule has 0 fully saturated rings. The minimum atomic E-state index is -0.265. The Morgan fingerprint density at radius 3 is 2.67 bits per heavy atom. The Morgan fingerprint density at radius 2 is 2.00 bits per heavy atom. The van der Waals surface area contributed by atoms with Gasteiger partial charge in [0.15, 0.2) is 0 Å². The van der Waals surface area contributed by atoms with Gasteiger partial charge in [-0.1, -0.05) is 34.1 Å². The van der Waals surface area contributed by atoms with Gasteiger partial charge < -0.3 is 9.84 Å². The largest absolute Gasteiger partial charge is 0.497 e. The van der Waals surface area contributed by atoms with E-state index in [1.807, 2.05) is 24.3 Å². The fourth-order valence-corrected chi connectivity index (χ4v) is 2.84. The summed E-state index contributed by atoms with van der Waals surface area (Å²) in [6, 6.07) is 12.5. The molecule has 0 amide bonds. The first-order valence-electron chi connectivity index (χ1n) is 6.80. The second-order valence-electron chi connectivity index (χ2n) is 5.04. The van der Waals surface area contributed by atoms with E-state index in [0.717, 1.165) is 27.8 Å². The lowest BCUT2D eigenvalue weighted by molar-refractivity contribution is 0.224. The summed E-state index contributed by atoms with van der Waals surface area (Å²) in [6.45, 7) is 0.0844. The van der Waals surface area contributed by atoms with E-state index >= 15 is 0 Å². The molecule has 0 spiro atoms. The van der Waals surface area contributed by atoms with Crippen LogP contribution in [0.2, 0.25) is 0 Å². The van der Waals surface area contributed by atoms with Crippen LogP contribution in [-0.2, 0) is 12.8 Å². The van der Waals surface area contributed by atoms with Crippen molar-refractivity contribution >= 4 is 15.9 Å². The normalized spacial score (nSPS) is 12.2. The highest BCUT2D eigenvalue weighted by atomic mass is 79.9. The van der Waals surface area contributed by atoms with Gasteiger partial charge in [0, 0.05) is 11.1 Å². The third-order valence-electron chi connectivity index (χ3n) is 3.44. The highest BCUT2D eigenvalue weighted by Gasteiger charge is 2.12. The van der Waals surface area contributed by atoms with Crippen molar-refractivity contribution in [2.24, 2.45) is 5.92 Å². The molecule has 0 aliphatic carbocycles. The number of methoxy groups -OCH3 is 1. The topological polar surface area (TPSA) is 29.5 Å². The summed E-state index contributed by atoms with van der Waals surface area (Å²) in [7, 11) is 1.64. The van der Waals surface area contributed by atoms with Crippen molar-refractivity contribution in [2.75, 3.05) is 13.7 Å². The maximum Gasteiger partial charge on any atom is 0.124 e. The van der Waals surface area contributed by atoms with Crippen LogP contribution >= 0.6 is 15.9 Å². The molecule has 0 radical (unpaired) electrons. The van der Waals surface area contributed by atoms with E-state index in [1.54, 1.807) is 13.2 Å². The molecule has 0 saturated carbocycles. The average molecular weight is 353 g/mol. The predicted octanol–water partition coefficient (Wildman–Crippen LogP) is 3.99. The minimum absolute atomic E-state index is 0.0823. The van der Waals surface area contributed by atoms with Crippen molar-refractivity contribution in [3.05, 3.63) is 63.9 Å². The molecule has 0 saturated heterocycles. The molecular formula is C17H18BrFO2. The Morgan fingerprint density at radius 1 is 1.19 bits per heavy atom. The van der Waals surface area contributed by atoms with Gasteiger partial charge in [-0.3, -0.25) is 0 Å². The number of rotatable bonds is 6. The summed E-state index contributed by atoms with van der Waals surface area (Å²) in [5, 5.41) is 9.60. The molecule has 2 nitrogen and oxygen atoms in total. The Kier molecular flexibility index (Phi) is 5.76. The van der Waals surface area contributed by atoms with Crippen LogP contribution in [0.15, 0.2) is 46.9 Å². The molecule has 0 aromatic heterocycles. The quantitative estimate of drug-likeness (QED) is 0.851. The first-order chi connectivity index (χ1) is 10.1. The van der Waals surface area contributed by atoms with Crippen LogP contribution in [0, 0.1) is 11.7 Å². The van der Waals surface area contributed by atoms with E-state index in [0.29, 0.717) is 6.42 Å². The van der Waals surface area contributed by atoms with Crippen LogP contribution in [-0.4, -0.2) is 18.8 Å². The van der Waals surface area contributed by atoms with Gasteiger partial charge >= 0.3 is 0 Å². The lowest BCUT2D eigenvalue weighted by Crippen LogP contribution is -2.13. The summed E-state index contributed by atoms with van der Waals surface area (Å²) >= 11 is 3.37. The molecule has 1 unspecified atom stereocenters. The van der Waals surface area contributed by atoms with Gasteiger partial charge in [0.25, 0.3) is 0 Å². The predicted molar refractivity (Wildman–Crippen MR) is 85.1 cm³/mol. The van der Waals surface area contributed by atoms with E-state index in [4.69, 9.17) is 4.74 Å². The van der Waals surface area contributed by atoms with E-state index in [-0.39, 0.29) is 18.3 Å². The number of halogens is 2. The lowest BCUT2D eigenvalue weighted by atomic mass is 9.93. The van der Waals surface area contributed by atoms with Crippen LogP contribution < -0.4 is 4.74 Å². The Labute approximate surface area is 132 Å².